The summed E-state index contributed by atoms with van der Waals surface area (Å²) < 4.78 is 29.9. The molecule has 0 bridgehead atoms. The molecule has 0 fully saturated rings. The highest BCUT2D eigenvalue weighted by Gasteiger charge is 2.62. The van der Waals surface area contributed by atoms with Crippen LogP contribution in [0.2, 0.25) is 0 Å². The highest BCUT2D eigenvalue weighted by Crippen LogP contribution is 2.28. The molecule has 0 rings (SSSR count). The molecule has 0 aliphatic heterocycles. The molecule has 0 spiro atoms. The number of carbonyl (C=O) groups is 3. The van der Waals surface area contributed by atoms with Gasteiger partial charge in [-0.05, 0) is 6.92 Å². The lowest BCUT2D eigenvalue weighted by molar-refractivity contribution is -0.175. The van der Waals surface area contributed by atoms with E-state index < -0.39 is 38.7 Å². The predicted molar refractivity (Wildman–Crippen MR) is 46.4 cm³/mol. The first kappa shape index (κ1) is 14.3. The molecule has 0 radical (unpaired) electrons. The third kappa shape index (κ3) is 1.97. The number of rotatable bonds is 5. The summed E-state index contributed by atoms with van der Waals surface area (Å²) >= 11 is 0. The van der Waals surface area contributed by atoms with Crippen LogP contribution in [-0.4, -0.2) is 51.4 Å². The Morgan fingerprint density at radius 1 is 1.00 bits per heavy atom. The lowest BCUT2D eigenvalue weighted by Crippen LogP contribution is -2.56. The lowest BCUT2D eigenvalue weighted by atomic mass is 9.85. The maximum Gasteiger partial charge on any atom is 0.334 e. The predicted octanol–water partition coefficient (Wildman–Crippen LogP) is -1.50. The highest BCUT2D eigenvalue weighted by molar-refractivity contribution is 7.86. The molecule has 0 aromatic heterocycles. The second kappa shape index (κ2) is 4.06. The Morgan fingerprint density at radius 2 is 1.25 bits per heavy atom. The fraction of sp³-hybridized carbons (Fsp3) is 0.500. The fourth-order valence-corrected chi connectivity index (χ4v) is 1.77. The van der Waals surface area contributed by atoms with E-state index in [0.29, 0.717) is 6.92 Å². The molecular weight excluding hydrogens is 248 g/mol. The molecule has 0 aromatic rings. The van der Waals surface area contributed by atoms with E-state index >= 15 is 0 Å². The Labute approximate surface area is 89.1 Å². The van der Waals surface area contributed by atoms with Crippen LogP contribution in [0.15, 0.2) is 0 Å². The number of aliphatic carboxylic acids is 3. The van der Waals surface area contributed by atoms with Crippen molar-refractivity contribution >= 4 is 28.0 Å². The van der Waals surface area contributed by atoms with E-state index in [1.165, 1.54) is 0 Å². The molecule has 4 N–H and O–H groups in total. The molecular formula is C6H8O9S. The van der Waals surface area contributed by atoms with Gasteiger partial charge in [0, 0.05) is 0 Å². The van der Waals surface area contributed by atoms with Crippen molar-refractivity contribution in [3.8, 4) is 0 Å². The molecule has 0 aliphatic rings. The molecule has 16 heavy (non-hydrogen) atoms. The summed E-state index contributed by atoms with van der Waals surface area (Å²) in [5, 5.41) is 23.1. The Morgan fingerprint density at radius 3 is 1.31 bits per heavy atom. The topological polar surface area (TPSA) is 166 Å². The summed E-state index contributed by atoms with van der Waals surface area (Å²) in [5.74, 6) is -7.17. The Balaban J connectivity index is 6.05. The molecule has 0 heterocycles. The SMILES string of the molecule is CC(C(C(=O)O)(C(=O)O)C(=O)O)S(=O)(=O)O. The molecule has 1 unspecified atom stereocenters. The van der Waals surface area contributed by atoms with Crippen molar-refractivity contribution in [3.63, 3.8) is 0 Å². The zero-order chi connectivity index (χ0) is 13.3. The van der Waals surface area contributed by atoms with Gasteiger partial charge in [0.1, 0.15) is 5.25 Å². The third-order valence-electron chi connectivity index (χ3n) is 2.07. The molecule has 0 amide bonds. The van der Waals surface area contributed by atoms with E-state index in [4.69, 9.17) is 19.9 Å². The maximum absolute atomic E-state index is 10.7. The summed E-state index contributed by atoms with van der Waals surface area (Å²) in [6.45, 7) is 0.478. The van der Waals surface area contributed by atoms with Gasteiger partial charge in [0.15, 0.2) is 0 Å². The van der Waals surface area contributed by atoms with Gasteiger partial charge in [-0.3, -0.25) is 18.9 Å². The van der Waals surface area contributed by atoms with Crippen molar-refractivity contribution in [2.45, 2.75) is 12.2 Å². The van der Waals surface area contributed by atoms with E-state index in [9.17, 15) is 22.8 Å². The number of carboxylic acid groups (broad SMARTS) is 3. The van der Waals surface area contributed by atoms with Gasteiger partial charge in [0.25, 0.3) is 15.5 Å². The monoisotopic (exact) mass is 256 g/mol. The molecule has 0 aliphatic carbocycles. The van der Waals surface area contributed by atoms with E-state index in [0.717, 1.165) is 0 Å². The van der Waals surface area contributed by atoms with Crippen LogP contribution in [0.5, 0.6) is 0 Å². The summed E-state index contributed by atoms with van der Waals surface area (Å²) in [6.07, 6.45) is 0. The van der Waals surface area contributed by atoms with Crippen LogP contribution in [0.3, 0.4) is 0 Å². The normalized spacial score (nSPS) is 14.1. The first-order valence-electron chi connectivity index (χ1n) is 3.65. The van der Waals surface area contributed by atoms with Crippen molar-refractivity contribution in [3.05, 3.63) is 0 Å². The van der Waals surface area contributed by atoms with Gasteiger partial charge in [-0.15, -0.1) is 0 Å². The summed E-state index contributed by atoms with van der Waals surface area (Å²) in [7, 11) is -5.14. The smallest absolute Gasteiger partial charge is 0.334 e. The van der Waals surface area contributed by atoms with Gasteiger partial charge in [-0.25, -0.2) is 0 Å². The first-order valence-corrected chi connectivity index (χ1v) is 5.15. The zero-order valence-corrected chi connectivity index (χ0v) is 8.63. The second-order valence-corrected chi connectivity index (χ2v) is 4.62. The van der Waals surface area contributed by atoms with E-state index in [2.05, 4.69) is 0 Å². The van der Waals surface area contributed by atoms with Crippen molar-refractivity contribution in [1.82, 2.24) is 0 Å². The van der Waals surface area contributed by atoms with Crippen LogP contribution in [0.4, 0.5) is 0 Å². The standard InChI is InChI=1S/C6H8O9S/c1-2(16(13,14)15)6(3(7)8,4(9)10)5(11)12/h2H,1H3,(H,7,8)(H,9,10)(H,11,12)(H,13,14,15). The Bertz CT molecular complexity index is 397. The number of carboxylic acids is 3. The van der Waals surface area contributed by atoms with Crippen LogP contribution in [0.25, 0.3) is 0 Å². The van der Waals surface area contributed by atoms with Gasteiger partial charge in [0.2, 0.25) is 0 Å². The van der Waals surface area contributed by atoms with Crippen LogP contribution < -0.4 is 0 Å². The molecule has 9 nitrogen and oxygen atoms in total. The molecule has 0 saturated carbocycles. The Kier molecular flexibility index (Phi) is 3.63. The quantitative estimate of drug-likeness (QED) is 0.338. The van der Waals surface area contributed by atoms with Gasteiger partial charge < -0.3 is 15.3 Å². The Hall–Kier alpha value is -1.68. The van der Waals surface area contributed by atoms with Crippen molar-refractivity contribution in [2.75, 3.05) is 0 Å². The minimum absolute atomic E-state index is 0.478. The summed E-state index contributed by atoms with van der Waals surface area (Å²) in [6, 6.07) is 0. The minimum atomic E-state index is -5.14. The van der Waals surface area contributed by atoms with E-state index in [-0.39, 0.29) is 0 Å². The van der Waals surface area contributed by atoms with Crippen molar-refractivity contribution < 1.29 is 42.7 Å². The van der Waals surface area contributed by atoms with Crippen LogP contribution in [-0.2, 0) is 24.5 Å². The maximum atomic E-state index is 10.7. The molecule has 1 atom stereocenters. The summed E-state index contributed by atoms with van der Waals surface area (Å²) in [5.41, 5.74) is -3.65. The number of hydrogen-bond acceptors (Lipinski definition) is 5. The van der Waals surface area contributed by atoms with Crippen molar-refractivity contribution in [2.24, 2.45) is 5.41 Å². The average molecular weight is 256 g/mol. The minimum Gasteiger partial charge on any atom is -0.480 e. The lowest BCUT2D eigenvalue weighted by Gasteiger charge is -2.24. The van der Waals surface area contributed by atoms with Gasteiger partial charge in [0.05, 0.1) is 0 Å². The van der Waals surface area contributed by atoms with E-state index in [1.807, 2.05) is 0 Å². The second-order valence-electron chi connectivity index (χ2n) is 2.88. The van der Waals surface area contributed by atoms with Gasteiger partial charge in [-0.1, -0.05) is 0 Å². The highest BCUT2D eigenvalue weighted by atomic mass is 32.2. The summed E-state index contributed by atoms with van der Waals surface area (Å²) in [4.78, 5) is 32.0. The molecule has 92 valence electrons. The molecule has 10 heteroatoms. The zero-order valence-electron chi connectivity index (χ0n) is 7.82. The van der Waals surface area contributed by atoms with E-state index in [1.54, 1.807) is 0 Å². The molecule has 0 saturated heterocycles. The average Bonchev–Trinajstić information content (AvgIpc) is 2.00. The first-order chi connectivity index (χ1) is 6.98. The molecule has 0 aromatic carbocycles. The van der Waals surface area contributed by atoms with Crippen LogP contribution in [0.1, 0.15) is 6.92 Å². The third-order valence-corrected chi connectivity index (χ3v) is 3.32. The van der Waals surface area contributed by atoms with Crippen LogP contribution in [0, 0.1) is 5.41 Å². The van der Waals surface area contributed by atoms with Gasteiger partial charge in [-0.2, -0.15) is 8.42 Å². The van der Waals surface area contributed by atoms with Crippen molar-refractivity contribution in [1.29, 1.82) is 0 Å². The van der Waals surface area contributed by atoms with Crippen LogP contribution >= 0.6 is 0 Å². The number of hydrogen-bond donors (Lipinski definition) is 4. The largest absolute Gasteiger partial charge is 0.480 e. The fourth-order valence-electron chi connectivity index (χ4n) is 1.02. The van der Waals surface area contributed by atoms with Gasteiger partial charge >= 0.3 is 17.9 Å².